The number of hydrogen-bond donors (Lipinski definition) is 0. The van der Waals surface area contributed by atoms with Gasteiger partial charge in [-0.15, -0.1) is 0 Å². The summed E-state index contributed by atoms with van der Waals surface area (Å²) >= 11 is 3.42. The Labute approximate surface area is 86.9 Å². The summed E-state index contributed by atoms with van der Waals surface area (Å²) in [5.41, 5.74) is 1.23. The van der Waals surface area contributed by atoms with E-state index < -0.39 is 0 Å². The van der Waals surface area contributed by atoms with Crippen LogP contribution in [0.2, 0.25) is 0 Å². The van der Waals surface area contributed by atoms with Gasteiger partial charge in [0.25, 0.3) is 0 Å². The first-order valence-electron chi connectivity index (χ1n) is 4.83. The van der Waals surface area contributed by atoms with Crippen LogP contribution in [0.5, 0.6) is 0 Å². The molecule has 0 unspecified atom stereocenters. The second-order valence-electron chi connectivity index (χ2n) is 3.51. The fourth-order valence-corrected chi connectivity index (χ4v) is 1.99. The molecule has 0 radical (unpaired) electrons. The zero-order valence-electron chi connectivity index (χ0n) is 7.76. The second kappa shape index (κ2) is 3.74. The van der Waals surface area contributed by atoms with Crippen LogP contribution in [0.4, 0.5) is 0 Å². The summed E-state index contributed by atoms with van der Waals surface area (Å²) in [6, 6.07) is 2.06. The second-order valence-corrected chi connectivity index (χ2v) is 4.33. The monoisotopic (exact) mass is 240 g/mol. The Bertz CT molecular complexity index is 308. The van der Waals surface area contributed by atoms with Crippen LogP contribution in [0.25, 0.3) is 0 Å². The fourth-order valence-electron chi connectivity index (χ4n) is 1.56. The lowest BCUT2D eigenvalue weighted by Gasteiger charge is -2.24. The Morgan fingerprint density at radius 2 is 2.23 bits per heavy atom. The fraction of sp³-hybridized carbons (Fsp3) is 0.600. The Kier molecular flexibility index (Phi) is 2.63. The van der Waals surface area contributed by atoms with Crippen molar-refractivity contribution in [2.45, 2.75) is 38.5 Å². The Hall–Kier alpha value is -0.440. The van der Waals surface area contributed by atoms with E-state index in [1.807, 2.05) is 0 Å². The maximum absolute atomic E-state index is 4.53. The summed E-state index contributed by atoms with van der Waals surface area (Å²) in [7, 11) is 0. The average Bonchev–Trinajstić information content (AvgIpc) is 2.00. The van der Waals surface area contributed by atoms with Gasteiger partial charge in [0.1, 0.15) is 10.4 Å². The van der Waals surface area contributed by atoms with Crippen LogP contribution >= 0.6 is 15.9 Å². The molecule has 3 heteroatoms. The molecule has 1 aliphatic carbocycles. The molecule has 1 heterocycles. The van der Waals surface area contributed by atoms with Gasteiger partial charge in [-0.2, -0.15) is 0 Å². The van der Waals surface area contributed by atoms with Crippen LogP contribution in [0, 0.1) is 0 Å². The van der Waals surface area contributed by atoms with E-state index in [0.717, 1.165) is 16.8 Å². The van der Waals surface area contributed by atoms with E-state index in [0.29, 0.717) is 5.92 Å². The van der Waals surface area contributed by atoms with E-state index in [2.05, 4.69) is 38.9 Å². The lowest BCUT2D eigenvalue weighted by molar-refractivity contribution is 0.409. The van der Waals surface area contributed by atoms with Gasteiger partial charge in [-0.3, -0.25) is 0 Å². The van der Waals surface area contributed by atoms with Gasteiger partial charge in [0.2, 0.25) is 0 Å². The Morgan fingerprint density at radius 3 is 2.77 bits per heavy atom. The van der Waals surface area contributed by atoms with E-state index in [9.17, 15) is 0 Å². The van der Waals surface area contributed by atoms with Crippen molar-refractivity contribution in [3.63, 3.8) is 0 Å². The molecule has 0 saturated heterocycles. The van der Waals surface area contributed by atoms with Gasteiger partial charge < -0.3 is 0 Å². The van der Waals surface area contributed by atoms with Gasteiger partial charge in [-0.25, -0.2) is 9.97 Å². The molecule has 2 rings (SSSR count). The predicted octanol–water partition coefficient (Wildman–Crippen LogP) is 3.07. The van der Waals surface area contributed by atoms with Crippen LogP contribution < -0.4 is 0 Å². The molecule has 1 fully saturated rings. The van der Waals surface area contributed by atoms with Crippen LogP contribution in [0.1, 0.15) is 43.6 Å². The third-order valence-electron chi connectivity index (χ3n) is 2.60. The van der Waals surface area contributed by atoms with Crippen molar-refractivity contribution < 1.29 is 0 Å². The molecular weight excluding hydrogens is 228 g/mol. The minimum absolute atomic E-state index is 0.699. The van der Waals surface area contributed by atoms with Crippen molar-refractivity contribution >= 4 is 15.9 Å². The van der Waals surface area contributed by atoms with Gasteiger partial charge in [-0.05, 0) is 34.8 Å². The van der Waals surface area contributed by atoms with Crippen LogP contribution in [-0.4, -0.2) is 9.97 Å². The first-order valence-corrected chi connectivity index (χ1v) is 5.62. The summed E-state index contributed by atoms with van der Waals surface area (Å²) in [5, 5.41) is 0. The first kappa shape index (κ1) is 9.13. The lowest BCUT2D eigenvalue weighted by Crippen LogP contribution is -2.12. The summed E-state index contributed by atoms with van der Waals surface area (Å²) in [6.45, 7) is 2.09. The summed E-state index contributed by atoms with van der Waals surface area (Å²) in [6.07, 6.45) is 4.87. The highest BCUT2D eigenvalue weighted by atomic mass is 79.9. The number of hydrogen-bond acceptors (Lipinski definition) is 2. The number of aryl methyl sites for hydroxylation is 1. The van der Waals surface area contributed by atoms with Gasteiger partial charge in [0.05, 0.1) is 0 Å². The third kappa shape index (κ3) is 1.90. The van der Waals surface area contributed by atoms with Crippen molar-refractivity contribution in [1.82, 2.24) is 9.97 Å². The molecule has 0 bridgehead atoms. The van der Waals surface area contributed by atoms with E-state index in [1.165, 1.54) is 25.0 Å². The maximum Gasteiger partial charge on any atom is 0.129 e. The topological polar surface area (TPSA) is 25.8 Å². The zero-order chi connectivity index (χ0) is 9.26. The highest BCUT2D eigenvalue weighted by Gasteiger charge is 2.21. The zero-order valence-corrected chi connectivity index (χ0v) is 9.34. The number of rotatable bonds is 2. The number of aromatic nitrogens is 2. The van der Waals surface area contributed by atoms with Crippen LogP contribution in [-0.2, 0) is 6.42 Å². The molecule has 0 N–H and O–H groups in total. The van der Waals surface area contributed by atoms with Crippen molar-refractivity contribution in [1.29, 1.82) is 0 Å². The van der Waals surface area contributed by atoms with Crippen molar-refractivity contribution in [2.24, 2.45) is 0 Å². The molecule has 0 amide bonds. The summed E-state index contributed by atoms with van der Waals surface area (Å²) in [5.74, 6) is 1.65. The molecule has 1 aliphatic rings. The smallest absolute Gasteiger partial charge is 0.129 e. The molecule has 1 aromatic heterocycles. The Morgan fingerprint density at radius 1 is 1.46 bits per heavy atom. The summed E-state index contributed by atoms with van der Waals surface area (Å²) in [4.78, 5) is 8.83. The molecule has 0 atom stereocenters. The standard InChI is InChI=1S/C10H13BrN2/c1-2-10-12-8(6-9(11)13-10)7-4-3-5-7/h6-7H,2-5H2,1H3. The molecule has 1 aromatic rings. The van der Waals surface area contributed by atoms with E-state index in [-0.39, 0.29) is 0 Å². The van der Waals surface area contributed by atoms with Gasteiger partial charge in [0.15, 0.2) is 0 Å². The maximum atomic E-state index is 4.53. The van der Waals surface area contributed by atoms with E-state index in [4.69, 9.17) is 0 Å². The lowest BCUT2D eigenvalue weighted by atomic mass is 9.83. The molecule has 2 nitrogen and oxygen atoms in total. The molecule has 0 aliphatic heterocycles. The molecule has 1 saturated carbocycles. The van der Waals surface area contributed by atoms with Gasteiger partial charge in [-0.1, -0.05) is 13.3 Å². The molecule has 0 spiro atoms. The highest BCUT2D eigenvalue weighted by Crippen LogP contribution is 2.35. The van der Waals surface area contributed by atoms with E-state index >= 15 is 0 Å². The quantitative estimate of drug-likeness (QED) is 0.743. The van der Waals surface area contributed by atoms with Crippen LogP contribution in [0.15, 0.2) is 10.7 Å². The SMILES string of the molecule is CCc1nc(Br)cc(C2CCC2)n1. The largest absolute Gasteiger partial charge is 0.238 e. The van der Waals surface area contributed by atoms with Gasteiger partial charge in [0, 0.05) is 18.0 Å². The Balaban J connectivity index is 2.28. The number of halogens is 1. The van der Waals surface area contributed by atoms with Crippen molar-refractivity contribution in [2.75, 3.05) is 0 Å². The van der Waals surface area contributed by atoms with Crippen LogP contribution in [0.3, 0.4) is 0 Å². The van der Waals surface area contributed by atoms with Crippen molar-refractivity contribution in [3.8, 4) is 0 Å². The first-order chi connectivity index (χ1) is 6.29. The number of nitrogens with zero attached hydrogens (tertiary/aromatic N) is 2. The molecule has 70 valence electrons. The molecular formula is C10H13BrN2. The average molecular weight is 241 g/mol. The molecule has 13 heavy (non-hydrogen) atoms. The van der Waals surface area contributed by atoms with Gasteiger partial charge >= 0.3 is 0 Å². The minimum Gasteiger partial charge on any atom is -0.238 e. The summed E-state index contributed by atoms with van der Waals surface area (Å²) < 4.78 is 0.932. The third-order valence-corrected chi connectivity index (χ3v) is 3.01. The molecule has 0 aromatic carbocycles. The normalized spacial score (nSPS) is 17.1. The minimum atomic E-state index is 0.699. The van der Waals surface area contributed by atoms with Crippen molar-refractivity contribution in [3.05, 3.63) is 22.2 Å². The predicted molar refractivity (Wildman–Crippen MR) is 55.7 cm³/mol. The van der Waals surface area contributed by atoms with E-state index in [1.54, 1.807) is 0 Å². The highest BCUT2D eigenvalue weighted by molar-refractivity contribution is 9.10.